The topological polar surface area (TPSA) is 52.9 Å². The van der Waals surface area contributed by atoms with Gasteiger partial charge in [-0.1, -0.05) is 11.6 Å². The minimum atomic E-state index is -0.526. The number of anilines is 1. The summed E-state index contributed by atoms with van der Waals surface area (Å²) < 4.78 is 13.0. The number of carbonyl (C=O) groups excluding carboxylic acids is 1. The van der Waals surface area contributed by atoms with Gasteiger partial charge in [0.1, 0.15) is 11.9 Å². The van der Waals surface area contributed by atoms with Gasteiger partial charge in [-0.25, -0.2) is 4.39 Å². The number of carbonyl (C=O) groups is 1. The van der Waals surface area contributed by atoms with Crippen molar-refractivity contribution < 1.29 is 9.18 Å². The molecule has 0 fully saturated rings. The summed E-state index contributed by atoms with van der Waals surface area (Å²) in [6.45, 7) is 1.79. The molecule has 0 aliphatic rings. The van der Waals surface area contributed by atoms with Gasteiger partial charge >= 0.3 is 0 Å². The van der Waals surface area contributed by atoms with Crippen LogP contribution >= 0.6 is 11.6 Å². The van der Waals surface area contributed by atoms with Crippen LogP contribution in [0.15, 0.2) is 36.4 Å². The van der Waals surface area contributed by atoms with E-state index in [1.807, 2.05) is 6.07 Å². The van der Waals surface area contributed by atoms with Crippen molar-refractivity contribution in [1.82, 2.24) is 0 Å². The number of nitrogens with one attached hydrogen (secondary N) is 1. The molecule has 0 bridgehead atoms. The predicted octanol–water partition coefficient (Wildman–Crippen LogP) is 3.91. The number of nitriles is 1. The van der Waals surface area contributed by atoms with Gasteiger partial charge in [0.25, 0.3) is 5.91 Å². The number of rotatable bonds is 2. The SMILES string of the molecule is Cc1cc(C(=O)Nc2ccc(F)cc2C#N)ccc1Cl. The minimum Gasteiger partial charge on any atom is -0.321 e. The Labute approximate surface area is 120 Å². The van der Waals surface area contributed by atoms with Crippen LogP contribution < -0.4 is 5.32 Å². The maximum absolute atomic E-state index is 13.0. The van der Waals surface area contributed by atoms with Gasteiger partial charge in [0.2, 0.25) is 0 Å². The number of hydrogen-bond donors (Lipinski definition) is 1. The van der Waals surface area contributed by atoms with Crippen LogP contribution in [-0.4, -0.2) is 5.91 Å². The lowest BCUT2D eigenvalue weighted by Gasteiger charge is -2.08. The molecule has 1 amide bonds. The average Bonchev–Trinajstić information content (AvgIpc) is 2.43. The zero-order valence-electron chi connectivity index (χ0n) is 10.6. The lowest BCUT2D eigenvalue weighted by molar-refractivity contribution is 0.102. The third-order valence-electron chi connectivity index (χ3n) is 2.77. The molecule has 2 aromatic carbocycles. The molecular weight excluding hydrogens is 279 g/mol. The number of nitrogens with zero attached hydrogens (tertiary/aromatic N) is 1. The van der Waals surface area contributed by atoms with E-state index in [1.54, 1.807) is 25.1 Å². The van der Waals surface area contributed by atoms with E-state index in [-0.39, 0.29) is 17.2 Å². The molecule has 2 rings (SSSR count). The zero-order valence-corrected chi connectivity index (χ0v) is 11.3. The Morgan fingerprint density at radius 2 is 2.05 bits per heavy atom. The van der Waals surface area contributed by atoms with Crippen LogP contribution in [0.5, 0.6) is 0 Å². The Morgan fingerprint density at radius 3 is 2.70 bits per heavy atom. The van der Waals surface area contributed by atoms with E-state index >= 15 is 0 Å². The summed E-state index contributed by atoms with van der Waals surface area (Å²) in [5, 5.41) is 12.1. The highest BCUT2D eigenvalue weighted by Gasteiger charge is 2.11. The van der Waals surface area contributed by atoms with E-state index < -0.39 is 5.82 Å². The molecule has 0 aromatic heterocycles. The molecule has 0 atom stereocenters. The van der Waals surface area contributed by atoms with Gasteiger partial charge in [-0.05, 0) is 48.9 Å². The Bertz CT molecular complexity index is 722. The van der Waals surface area contributed by atoms with E-state index in [2.05, 4.69) is 5.32 Å². The Balaban J connectivity index is 2.28. The summed E-state index contributed by atoms with van der Waals surface area (Å²) in [7, 11) is 0. The van der Waals surface area contributed by atoms with Gasteiger partial charge < -0.3 is 5.32 Å². The van der Waals surface area contributed by atoms with Gasteiger partial charge in [0.05, 0.1) is 11.3 Å². The molecule has 5 heteroatoms. The molecule has 20 heavy (non-hydrogen) atoms. The molecule has 0 saturated carbocycles. The highest BCUT2D eigenvalue weighted by atomic mass is 35.5. The third kappa shape index (κ3) is 2.95. The summed E-state index contributed by atoms with van der Waals surface area (Å²) in [5.41, 5.74) is 1.54. The van der Waals surface area contributed by atoms with Crippen LogP contribution in [0.2, 0.25) is 5.02 Å². The van der Waals surface area contributed by atoms with Gasteiger partial charge in [-0.2, -0.15) is 5.26 Å². The van der Waals surface area contributed by atoms with Crippen molar-refractivity contribution in [3.63, 3.8) is 0 Å². The van der Waals surface area contributed by atoms with E-state index in [0.717, 1.165) is 11.6 Å². The monoisotopic (exact) mass is 288 g/mol. The van der Waals surface area contributed by atoms with Crippen molar-refractivity contribution in [2.45, 2.75) is 6.92 Å². The van der Waals surface area contributed by atoms with Crippen molar-refractivity contribution in [1.29, 1.82) is 5.26 Å². The molecular formula is C15H10ClFN2O. The van der Waals surface area contributed by atoms with Crippen LogP contribution in [-0.2, 0) is 0 Å². The van der Waals surface area contributed by atoms with Crippen LogP contribution in [0.4, 0.5) is 10.1 Å². The fraction of sp³-hybridized carbons (Fsp3) is 0.0667. The molecule has 100 valence electrons. The third-order valence-corrected chi connectivity index (χ3v) is 3.19. The first kappa shape index (κ1) is 14.0. The number of halogens is 2. The first-order chi connectivity index (χ1) is 9.51. The summed E-state index contributed by atoms with van der Waals surface area (Å²) in [6, 6.07) is 10.3. The molecule has 0 saturated heterocycles. The number of benzene rings is 2. The second-order valence-corrected chi connectivity index (χ2v) is 4.63. The molecule has 0 spiro atoms. The number of amides is 1. The maximum atomic E-state index is 13.0. The molecule has 0 radical (unpaired) electrons. The first-order valence-corrected chi connectivity index (χ1v) is 6.16. The zero-order chi connectivity index (χ0) is 14.7. The van der Waals surface area contributed by atoms with E-state index in [0.29, 0.717) is 10.6 Å². The maximum Gasteiger partial charge on any atom is 0.255 e. The van der Waals surface area contributed by atoms with Crippen molar-refractivity contribution in [2.24, 2.45) is 0 Å². The highest BCUT2D eigenvalue weighted by molar-refractivity contribution is 6.31. The summed E-state index contributed by atoms with van der Waals surface area (Å²) >= 11 is 5.89. The second kappa shape index (κ2) is 5.72. The van der Waals surface area contributed by atoms with Crippen LogP contribution in [0.1, 0.15) is 21.5 Å². The quantitative estimate of drug-likeness (QED) is 0.911. The summed E-state index contributed by atoms with van der Waals surface area (Å²) in [5.74, 6) is -0.908. The van der Waals surface area contributed by atoms with Crippen molar-refractivity contribution >= 4 is 23.2 Å². The summed E-state index contributed by atoms with van der Waals surface area (Å²) in [4.78, 5) is 12.1. The van der Waals surface area contributed by atoms with Crippen molar-refractivity contribution in [3.05, 3.63) is 63.9 Å². The Hall–Kier alpha value is -2.38. The molecule has 1 N–H and O–H groups in total. The average molecular weight is 289 g/mol. The molecule has 0 aliphatic carbocycles. The first-order valence-electron chi connectivity index (χ1n) is 5.78. The van der Waals surface area contributed by atoms with Crippen molar-refractivity contribution in [2.75, 3.05) is 5.32 Å². The molecule has 0 aliphatic heterocycles. The largest absolute Gasteiger partial charge is 0.321 e. The summed E-state index contributed by atoms with van der Waals surface area (Å²) in [6.07, 6.45) is 0. The smallest absolute Gasteiger partial charge is 0.255 e. The molecule has 0 heterocycles. The fourth-order valence-corrected chi connectivity index (χ4v) is 1.82. The van der Waals surface area contributed by atoms with Gasteiger partial charge in [-0.15, -0.1) is 0 Å². The number of aryl methyl sites for hydroxylation is 1. The minimum absolute atomic E-state index is 0.0732. The van der Waals surface area contributed by atoms with Crippen LogP contribution in [0.3, 0.4) is 0 Å². The lowest BCUT2D eigenvalue weighted by atomic mass is 10.1. The lowest BCUT2D eigenvalue weighted by Crippen LogP contribution is -2.13. The van der Waals surface area contributed by atoms with Gasteiger partial charge in [0.15, 0.2) is 0 Å². The number of hydrogen-bond acceptors (Lipinski definition) is 2. The molecule has 2 aromatic rings. The fourth-order valence-electron chi connectivity index (χ4n) is 1.70. The van der Waals surface area contributed by atoms with Crippen molar-refractivity contribution in [3.8, 4) is 6.07 Å². The van der Waals surface area contributed by atoms with E-state index in [1.165, 1.54) is 12.1 Å². The van der Waals surface area contributed by atoms with Crippen LogP contribution in [0.25, 0.3) is 0 Å². The molecule has 0 unspecified atom stereocenters. The van der Waals surface area contributed by atoms with E-state index in [4.69, 9.17) is 16.9 Å². The standard InChI is InChI=1S/C15H10ClFN2O/c1-9-6-10(2-4-13(9)16)15(20)19-14-5-3-12(17)7-11(14)8-18/h2-7H,1H3,(H,19,20). The highest BCUT2D eigenvalue weighted by Crippen LogP contribution is 2.19. The molecule has 3 nitrogen and oxygen atoms in total. The van der Waals surface area contributed by atoms with Gasteiger partial charge in [-0.3, -0.25) is 4.79 Å². The second-order valence-electron chi connectivity index (χ2n) is 4.22. The van der Waals surface area contributed by atoms with Gasteiger partial charge in [0, 0.05) is 10.6 Å². The predicted molar refractivity (Wildman–Crippen MR) is 75.3 cm³/mol. The van der Waals surface area contributed by atoms with E-state index in [9.17, 15) is 9.18 Å². The normalized spacial score (nSPS) is 9.90. The Kier molecular flexibility index (Phi) is 4.02. The van der Waals surface area contributed by atoms with Crippen LogP contribution in [0, 0.1) is 24.1 Å². The Morgan fingerprint density at radius 1 is 1.30 bits per heavy atom.